The molecule has 7 heteroatoms. The minimum Gasteiger partial charge on any atom is -0.462 e. The number of nitrogens with two attached hydrogens (primary N) is 1. The van der Waals surface area contributed by atoms with Crippen LogP contribution in [0.4, 0.5) is 10.8 Å². The van der Waals surface area contributed by atoms with Crippen molar-refractivity contribution in [2.75, 3.05) is 51.5 Å². The fourth-order valence-corrected chi connectivity index (χ4v) is 2.19. The molecule has 0 atom stereocenters. The summed E-state index contributed by atoms with van der Waals surface area (Å²) in [5.74, 6) is -0.166. The minimum atomic E-state index is -0.407. The van der Waals surface area contributed by atoms with Crippen LogP contribution in [0.1, 0.15) is 17.3 Å². The Kier molecular flexibility index (Phi) is 5.36. The molecule has 2 N–H and O–H groups in total. The number of likely N-dealkylation sites (N-methyl/N-ethyl adjacent to an activating group) is 2. The van der Waals surface area contributed by atoms with Gasteiger partial charge in [-0.1, -0.05) is 0 Å². The summed E-state index contributed by atoms with van der Waals surface area (Å²) in [4.78, 5) is 15.9. The summed E-state index contributed by atoms with van der Waals surface area (Å²) < 4.78 is 9.03. The minimum absolute atomic E-state index is 0.241. The molecule has 1 rings (SSSR count). The molecule has 0 bridgehead atoms. The number of hydrogen-bond acceptors (Lipinski definition) is 7. The second-order valence-corrected chi connectivity index (χ2v) is 4.95. The zero-order chi connectivity index (χ0) is 13.7. The third kappa shape index (κ3) is 3.58. The first-order valence-electron chi connectivity index (χ1n) is 5.75. The van der Waals surface area contributed by atoms with Crippen molar-refractivity contribution in [2.24, 2.45) is 0 Å². The molecular weight excluding hydrogens is 252 g/mol. The van der Waals surface area contributed by atoms with Crippen molar-refractivity contribution in [1.29, 1.82) is 0 Å². The maximum absolute atomic E-state index is 11.8. The van der Waals surface area contributed by atoms with Gasteiger partial charge < -0.3 is 20.3 Å². The van der Waals surface area contributed by atoms with E-state index in [4.69, 9.17) is 10.5 Å². The number of rotatable bonds is 6. The van der Waals surface area contributed by atoms with Crippen molar-refractivity contribution in [1.82, 2.24) is 9.27 Å². The van der Waals surface area contributed by atoms with Crippen LogP contribution in [-0.4, -0.2) is 56.1 Å². The second-order valence-electron chi connectivity index (χ2n) is 4.19. The molecule has 0 radical (unpaired) electrons. The maximum Gasteiger partial charge on any atom is 0.345 e. The third-order valence-electron chi connectivity index (χ3n) is 2.41. The SMILES string of the molecule is CCOC(=O)c1c(N)nsc1N(C)CCN(C)C. The lowest BCUT2D eigenvalue weighted by molar-refractivity contribution is 0.0528. The van der Waals surface area contributed by atoms with Crippen LogP contribution in [0, 0.1) is 0 Å². The van der Waals surface area contributed by atoms with E-state index < -0.39 is 5.97 Å². The lowest BCUT2D eigenvalue weighted by Gasteiger charge is -2.20. The van der Waals surface area contributed by atoms with E-state index in [0.717, 1.165) is 18.1 Å². The highest BCUT2D eigenvalue weighted by Crippen LogP contribution is 2.30. The Labute approximate surface area is 111 Å². The molecule has 0 fully saturated rings. The molecule has 0 unspecified atom stereocenters. The van der Waals surface area contributed by atoms with Crippen LogP contribution in [0.15, 0.2) is 0 Å². The predicted octanol–water partition coefficient (Wildman–Crippen LogP) is 0.900. The Hall–Kier alpha value is -1.34. The van der Waals surface area contributed by atoms with Gasteiger partial charge in [-0.15, -0.1) is 0 Å². The number of anilines is 2. The van der Waals surface area contributed by atoms with Gasteiger partial charge in [0, 0.05) is 20.1 Å². The lowest BCUT2D eigenvalue weighted by Crippen LogP contribution is -2.29. The fourth-order valence-electron chi connectivity index (χ4n) is 1.40. The quantitative estimate of drug-likeness (QED) is 0.776. The lowest BCUT2D eigenvalue weighted by atomic mass is 10.3. The summed E-state index contributed by atoms with van der Waals surface area (Å²) >= 11 is 1.22. The van der Waals surface area contributed by atoms with Crippen molar-refractivity contribution in [2.45, 2.75) is 6.92 Å². The maximum atomic E-state index is 11.8. The standard InChI is InChI=1S/C11H20N4O2S/c1-5-17-11(16)8-9(12)13-18-10(8)15(4)7-6-14(2)3/h5-7H2,1-4H3,(H2,12,13). The molecule has 102 valence electrons. The van der Waals surface area contributed by atoms with Crippen LogP contribution in [0.3, 0.4) is 0 Å². The summed E-state index contributed by atoms with van der Waals surface area (Å²) in [6.45, 7) is 3.77. The first kappa shape index (κ1) is 14.7. The number of aromatic nitrogens is 1. The molecule has 0 saturated heterocycles. The molecular formula is C11H20N4O2S. The highest BCUT2D eigenvalue weighted by atomic mass is 32.1. The molecule has 0 aliphatic rings. The van der Waals surface area contributed by atoms with Crippen LogP contribution >= 0.6 is 11.5 Å². The van der Waals surface area contributed by atoms with Gasteiger partial charge in [0.25, 0.3) is 0 Å². The van der Waals surface area contributed by atoms with Gasteiger partial charge in [0.1, 0.15) is 10.6 Å². The third-order valence-corrected chi connectivity index (χ3v) is 3.39. The molecule has 0 amide bonds. The number of hydrogen-bond donors (Lipinski definition) is 1. The monoisotopic (exact) mass is 272 g/mol. The predicted molar refractivity (Wildman–Crippen MR) is 74.3 cm³/mol. The number of nitrogens with zero attached hydrogens (tertiary/aromatic N) is 3. The van der Waals surface area contributed by atoms with E-state index in [1.165, 1.54) is 11.5 Å². The normalized spacial score (nSPS) is 10.7. The summed E-state index contributed by atoms with van der Waals surface area (Å²) in [6.07, 6.45) is 0. The van der Waals surface area contributed by atoms with Gasteiger partial charge in [-0.2, -0.15) is 4.37 Å². The number of carbonyl (C=O) groups is 1. The first-order valence-corrected chi connectivity index (χ1v) is 6.52. The van der Waals surface area contributed by atoms with Crippen LogP contribution in [-0.2, 0) is 4.74 Å². The van der Waals surface area contributed by atoms with E-state index in [-0.39, 0.29) is 5.82 Å². The Bertz CT molecular complexity index is 406. The van der Waals surface area contributed by atoms with E-state index in [1.54, 1.807) is 6.92 Å². The van der Waals surface area contributed by atoms with E-state index in [9.17, 15) is 4.79 Å². The topological polar surface area (TPSA) is 71.7 Å². The largest absolute Gasteiger partial charge is 0.462 e. The summed E-state index contributed by atoms with van der Waals surface area (Å²) in [5, 5.41) is 0.757. The number of nitrogen functional groups attached to an aromatic ring is 1. The van der Waals surface area contributed by atoms with Crippen molar-refractivity contribution >= 4 is 28.3 Å². The highest BCUT2D eigenvalue weighted by molar-refractivity contribution is 7.11. The average molecular weight is 272 g/mol. The van der Waals surface area contributed by atoms with Gasteiger partial charge in [0.2, 0.25) is 0 Å². The highest BCUT2D eigenvalue weighted by Gasteiger charge is 2.22. The molecule has 0 aliphatic heterocycles. The van der Waals surface area contributed by atoms with Crippen LogP contribution in [0.25, 0.3) is 0 Å². The molecule has 0 saturated carbocycles. The fraction of sp³-hybridized carbons (Fsp3) is 0.636. The summed E-state index contributed by atoms with van der Waals surface area (Å²) in [7, 11) is 5.92. The number of esters is 1. The zero-order valence-corrected chi connectivity index (χ0v) is 12.1. The van der Waals surface area contributed by atoms with Crippen molar-refractivity contribution < 1.29 is 9.53 Å². The van der Waals surface area contributed by atoms with E-state index in [1.807, 2.05) is 26.0 Å². The first-order chi connectivity index (χ1) is 8.47. The molecule has 0 aliphatic carbocycles. The molecule has 1 aromatic rings. The Morgan fingerprint density at radius 2 is 2.06 bits per heavy atom. The number of carbonyl (C=O) groups excluding carboxylic acids is 1. The summed E-state index contributed by atoms with van der Waals surface area (Å²) in [6, 6.07) is 0. The Balaban J connectivity index is 2.85. The smallest absolute Gasteiger partial charge is 0.345 e. The van der Waals surface area contributed by atoms with Crippen molar-refractivity contribution in [3.05, 3.63) is 5.56 Å². The molecule has 6 nitrogen and oxygen atoms in total. The molecule has 0 aromatic carbocycles. The van der Waals surface area contributed by atoms with E-state index in [2.05, 4.69) is 9.27 Å². The van der Waals surface area contributed by atoms with Crippen molar-refractivity contribution in [3.8, 4) is 0 Å². The number of ether oxygens (including phenoxy) is 1. The van der Waals surface area contributed by atoms with E-state index in [0.29, 0.717) is 12.2 Å². The van der Waals surface area contributed by atoms with Crippen LogP contribution in [0.5, 0.6) is 0 Å². The molecule has 18 heavy (non-hydrogen) atoms. The van der Waals surface area contributed by atoms with Gasteiger partial charge in [-0.3, -0.25) is 0 Å². The second kappa shape index (κ2) is 6.55. The van der Waals surface area contributed by atoms with Gasteiger partial charge in [-0.25, -0.2) is 4.79 Å². The van der Waals surface area contributed by atoms with Crippen molar-refractivity contribution in [3.63, 3.8) is 0 Å². The zero-order valence-electron chi connectivity index (χ0n) is 11.3. The molecule has 1 aromatic heterocycles. The molecule has 0 spiro atoms. The van der Waals surface area contributed by atoms with Crippen LogP contribution < -0.4 is 10.6 Å². The van der Waals surface area contributed by atoms with Gasteiger partial charge in [0.05, 0.1) is 6.61 Å². The van der Waals surface area contributed by atoms with Gasteiger partial charge in [0.15, 0.2) is 5.82 Å². The average Bonchev–Trinajstić information content (AvgIpc) is 2.68. The Morgan fingerprint density at radius 3 is 2.61 bits per heavy atom. The Morgan fingerprint density at radius 1 is 1.39 bits per heavy atom. The van der Waals surface area contributed by atoms with Gasteiger partial charge in [-0.05, 0) is 32.6 Å². The van der Waals surface area contributed by atoms with Crippen LogP contribution in [0.2, 0.25) is 0 Å². The molecule has 1 heterocycles. The van der Waals surface area contributed by atoms with Gasteiger partial charge >= 0.3 is 5.97 Å². The van der Waals surface area contributed by atoms with E-state index >= 15 is 0 Å². The summed E-state index contributed by atoms with van der Waals surface area (Å²) in [5.41, 5.74) is 6.11.